The molecule has 0 aromatic heterocycles. The molecule has 40 heavy (non-hydrogen) atoms. The highest BCUT2D eigenvalue weighted by Crippen LogP contribution is 2.31. The van der Waals surface area contributed by atoms with E-state index in [1.165, 1.54) is 43.7 Å². The summed E-state index contributed by atoms with van der Waals surface area (Å²) < 4.78 is 38.8. The fraction of sp³-hybridized carbons (Fsp3) is 0.103. The van der Waals surface area contributed by atoms with Gasteiger partial charge in [-0.15, -0.1) is 0 Å². The standard InChI is InChI=1S/C29H25Cl2N3O5S/c1-38-28-16-13-23(17-27(28)31)34(40(36,37)25-8-3-2-4-9-25)19-29(35)33-32-18-21-11-14-24(15-12-21)39-20-22-7-5-6-10-26(22)30/h2-18H,19-20H2,1H3,(H,33,35)/b32-18-. The van der Waals surface area contributed by atoms with Crippen molar-refractivity contribution in [1.82, 2.24) is 5.43 Å². The largest absolute Gasteiger partial charge is 0.495 e. The molecule has 0 saturated heterocycles. The number of anilines is 1. The van der Waals surface area contributed by atoms with Gasteiger partial charge in [0.25, 0.3) is 15.9 Å². The second-order valence-corrected chi connectivity index (χ2v) is 11.1. The molecule has 206 valence electrons. The molecular weight excluding hydrogens is 573 g/mol. The number of halogens is 2. The lowest BCUT2D eigenvalue weighted by Gasteiger charge is -2.24. The van der Waals surface area contributed by atoms with Crippen molar-refractivity contribution >= 4 is 51.0 Å². The van der Waals surface area contributed by atoms with Gasteiger partial charge in [-0.3, -0.25) is 9.10 Å². The SMILES string of the molecule is COc1ccc(N(CC(=O)N/N=C\c2ccc(OCc3ccccc3Cl)cc2)S(=O)(=O)c2ccccc2)cc1Cl. The lowest BCUT2D eigenvalue weighted by Crippen LogP contribution is -2.39. The number of nitrogens with zero attached hydrogens (tertiary/aromatic N) is 2. The van der Waals surface area contributed by atoms with E-state index in [2.05, 4.69) is 10.5 Å². The van der Waals surface area contributed by atoms with Crippen molar-refractivity contribution in [1.29, 1.82) is 0 Å². The fourth-order valence-corrected chi connectivity index (χ4v) is 5.49. The molecule has 4 aromatic carbocycles. The summed E-state index contributed by atoms with van der Waals surface area (Å²) >= 11 is 12.4. The number of hydrazone groups is 1. The molecule has 4 aromatic rings. The number of nitrogens with one attached hydrogen (secondary N) is 1. The summed E-state index contributed by atoms with van der Waals surface area (Å²) in [6, 6.07) is 26.8. The molecule has 0 bridgehead atoms. The summed E-state index contributed by atoms with van der Waals surface area (Å²) in [4.78, 5) is 12.8. The van der Waals surface area contributed by atoms with E-state index in [0.717, 1.165) is 9.87 Å². The van der Waals surface area contributed by atoms with Crippen LogP contribution in [0.15, 0.2) is 107 Å². The van der Waals surface area contributed by atoms with Gasteiger partial charge in [0.1, 0.15) is 24.7 Å². The Balaban J connectivity index is 1.43. The Morgan fingerprint density at radius 3 is 2.30 bits per heavy atom. The van der Waals surface area contributed by atoms with Crippen LogP contribution in [0.3, 0.4) is 0 Å². The number of hydrogen-bond donors (Lipinski definition) is 1. The third kappa shape index (κ3) is 7.32. The number of hydrogen-bond acceptors (Lipinski definition) is 6. The predicted octanol–water partition coefficient (Wildman–Crippen LogP) is 5.93. The van der Waals surface area contributed by atoms with Crippen molar-refractivity contribution in [3.05, 3.63) is 118 Å². The third-order valence-electron chi connectivity index (χ3n) is 5.68. The summed E-state index contributed by atoms with van der Waals surface area (Å²) in [6.45, 7) is -0.211. The highest BCUT2D eigenvalue weighted by molar-refractivity contribution is 7.92. The Morgan fingerprint density at radius 2 is 1.62 bits per heavy atom. The van der Waals surface area contributed by atoms with Gasteiger partial charge < -0.3 is 9.47 Å². The molecule has 0 unspecified atom stereocenters. The second kappa shape index (κ2) is 13.3. The topological polar surface area (TPSA) is 97.3 Å². The molecule has 8 nitrogen and oxygen atoms in total. The molecular formula is C29H25Cl2N3O5S. The van der Waals surface area contributed by atoms with E-state index in [1.54, 1.807) is 48.5 Å². The number of amides is 1. The molecule has 0 aliphatic heterocycles. The third-order valence-corrected chi connectivity index (χ3v) is 8.13. The van der Waals surface area contributed by atoms with Crippen LogP contribution in [0.1, 0.15) is 11.1 Å². The molecule has 1 amide bonds. The van der Waals surface area contributed by atoms with E-state index in [4.69, 9.17) is 32.7 Å². The predicted molar refractivity (Wildman–Crippen MR) is 157 cm³/mol. The normalized spacial score (nSPS) is 11.3. The number of methoxy groups -OCH3 is 1. The van der Waals surface area contributed by atoms with Gasteiger partial charge >= 0.3 is 0 Å². The maximum Gasteiger partial charge on any atom is 0.264 e. The van der Waals surface area contributed by atoms with Crippen LogP contribution >= 0.6 is 23.2 Å². The number of sulfonamides is 1. The molecule has 11 heteroatoms. The van der Waals surface area contributed by atoms with Crippen LogP contribution in [0, 0.1) is 0 Å². The Kier molecular flexibility index (Phi) is 9.65. The Labute approximate surface area is 242 Å². The molecule has 0 aliphatic rings. The summed E-state index contributed by atoms with van der Waals surface area (Å²) in [7, 11) is -2.65. The minimum Gasteiger partial charge on any atom is -0.495 e. The Bertz CT molecular complexity index is 1600. The molecule has 0 spiro atoms. The molecule has 0 heterocycles. The zero-order chi connectivity index (χ0) is 28.5. The Morgan fingerprint density at radius 1 is 0.925 bits per heavy atom. The zero-order valence-electron chi connectivity index (χ0n) is 21.3. The molecule has 0 radical (unpaired) electrons. The van der Waals surface area contributed by atoms with Gasteiger partial charge in [-0.05, 0) is 66.2 Å². The van der Waals surface area contributed by atoms with Crippen LogP contribution in [0.5, 0.6) is 11.5 Å². The molecule has 4 rings (SSSR count). The van der Waals surface area contributed by atoms with Gasteiger partial charge in [0.2, 0.25) is 0 Å². The minimum atomic E-state index is -4.10. The van der Waals surface area contributed by atoms with E-state index >= 15 is 0 Å². The van der Waals surface area contributed by atoms with Crippen LogP contribution in [0.4, 0.5) is 5.69 Å². The number of ether oxygens (including phenoxy) is 2. The highest BCUT2D eigenvalue weighted by Gasteiger charge is 2.27. The summed E-state index contributed by atoms with van der Waals surface area (Å²) in [5, 5.41) is 4.80. The van der Waals surface area contributed by atoms with E-state index in [9.17, 15) is 13.2 Å². The van der Waals surface area contributed by atoms with Crippen LogP contribution < -0.4 is 19.2 Å². The lowest BCUT2D eigenvalue weighted by molar-refractivity contribution is -0.119. The minimum absolute atomic E-state index is 0.0232. The van der Waals surface area contributed by atoms with Crippen LogP contribution in [0.25, 0.3) is 0 Å². The molecule has 0 fully saturated rings. The van der Waals surface area contributed by atoms with Crippen molar-refractivity contribution in [3.63, 3.8) is 0 Å². The number of carbonyl (C=O) groups is 1. The first kappa shape index (κ1) is 28.9. The van der Waals surface area contributed by atoms with Crippen molar-refractivity contribution in [3.8, 4) is 11.5 Å². The molecule has 0 atom stereocenters. The van der Waals surface area contributed by atoms with Crippen molar-refractivity contribution in [2.75, 3.05) is 18.0 Å². The fourth-order valence-electron chi connectivity index (χ4n) is 3.62. The van der Waals surface area contributed by atoms with Gasteiger partial charge in [-0.2, -0.15) is 5.10 Å². The smallest absolute Gasteiger partial charge is 0.264 e. The highest BCUT2D eigenvalue weighted by atomic mass is 35.5. The van der Waals surface area contributed by atoms with Gasteiger partial charge in [-0.1, -0.05) is 59.6 Å². The van der Waals surface area contributed by atoms with Crippen molar-refractivity contribution in [2.45, 2.75) is 11.5 Å². The summed E-state index contributed by atoms with van der Waals surface area (Å²) in [6.07, 6.45) is 1.44. The van der Waals surface area contributed by atoms with Crippen LogP contribution in [-0.4, -0.2) is 34.2 Å². The first-order chi connectivity index (χ1) is 19.3. The number of benzene rings is 4. The zero-order valence-corrected chi connectivity index (χ0v) is 23.7. The van der Waals surface area contributed by atoms with Crippen LogP contribution in [0.2, 0.25) is 10.0 Å². The van der Waals surface area contributed by atoms with E-state index in [1.807, 2.05) is 18.2 Å². The van der Waals surface area contributed by atoms with Gasteiger partial charge in [0, 0.05) is 10.6 Å². The van der Waals surface area contributed by atoms with E-state index in [0.29, 0.717) is 28.7 Å². The summed E-state index contributed by atoms with van der Waals surface area (Å²) in [5.74, 6) is 0.361. The summed E-state index contributed by atoms with van der Waals surface area (Å²) in [5.41, 5.74) is 4.14. The lowest BCUT2D eigenvalue weighted by atomic mass is 10.2. The van der Waals surface area contributed by atoms with Gasteiger partial charge in [-0.25, -0.2) is 13.8 Å². The quantitative estimate of drug-likeness (QED) is 0.171. The maximum absolute atomic E-state index is 13.4. The average Bonchev–Trinajstić information content (AvgIpc) is 2.96. The first-order valence-corrected chi connectivity index (χ1v) is 14.2. The first-order valence-electron chi connectivity index (χ1n) is 12.0. The van der Waals surface area contributed by atoms with Crippen molar-refractivity contribution < 1.29 is 22.7 Å². The second-order valence-electron chi connectivity index (χ2n) is 8.39. The Hall–Kier alpha value is -4.05. The number of rotatable bonds is 11. The van der Waals surface area contributed by atoms with Gasteiger partial charge in [0.15, 0.2) is 0 Å². The van der Waals surface area contributed by atoms with Crippen molar-refractivity contribution in [2.24, 2.45) is 5.10 Å². The van der Waals surface area contributed by atoms with E-state index < -0.39 is 22.5 Å². The average molecular weight is 599 g/mol. The van der Waals surface area contributed by atoms with Crippen LogP contribution in [-0.2, 0) is 21.4 Å². The molecule has 0 aliphatic carbocycles. The van der Waals surface area contributed by atoms with E-state index in [-0.39, 0.29) is 15.6 Å². The van der Waals surface area contributed by atoms with Gasteiger partial charge in [0.05, 0.1) is 28.9 Å². The molecule has 1 N–H and O–H groups in total. The molecule has 0 saturated carbocycles. The monoisotopic (exact) mass is 597 g/mol. The maximum atomic E-state index is 13.4. The number of carbonyl (C=O) groups excluding carboxylic acids is 1.